The van der Waals surface area contributed by atoms with Crippen molar-refractivity contribution in [1.82, 2.24) is 0 Å². The monoisotopic (exact) mass is 294 g/mol. The summed E-state index contributed by atoms with van der Waals surface area (Å²) >= 11 is 17.2. The van der Waals surface area contributed by atoms with Crippen molar-refractivity contribution in [3.63, 3.8) is 0 Å². The van der Waals surface area contributed by atoms with Crippen LogP contribution < -0.4 is 5.32 Å². The number of nitrogens with one attached hydrogen (secondary N) is 1. The maximum Gasteiger partial charge on any atom is 0.276 e. The third-order valence-corrected chi connectivity index (χ3v) is 2.65. The number of hydrogen-bond donors (Lipinski definition) is 1. The average Bonchev–Trinajstić information content (AvgIpc) is 2.20. The number of hydrogen-bond acceptors (Lipinski definition) is 3. The van der Waals surface area contributed by atoms with E-state index in [1.54, 1.807) is 24.3 Å². The highest BCUT2D eigenvalue weighted by Gasteiger charge is 2.30. The van der Waals surface area contributed by atoms with Gasteiger partial charge in [0.1, 0.15) is 5.40 Å². The van der Waals surface area contributed by atoms with E-state index in [0.717, 1.165) is 16.7 Å². The van der Waals surface area contributed by atoms with Crippen LogP contribution in [-0.4, -0.2) is 9.70 Å². The first kappa shape index (κ1) is 13.5. The van der Waals surface area contributed by atoms with Gasteiger partial charge < -0.3 is 5.32 Å². The molecule has 0 aliphatic carbocycles. The average molecular weight is 296 g/mol. The largest absolute Gasteiger partial charge is 0.322 e. The standard InChI is InChI=1S/C9H5Cl3N2OS/c10-9(11,12)8(15)14-6-1-3-7(4-2-6)16-5-13/h1-4H,(H,14,15). The minimum Gasteiger partial charge on any atom is -0.322 e. The highest BCUT2D eigenvalue weighted by Crippen LogP contribution is 2.28. The van der Waals surface area contributed by atoms with Crippen LogP contribution in [0.3, 0.4) is 0 Å². The Morgan fingerprint density at radius 2 is 1.88 bits per heavy atom. The summed E-state index contributed by atoms with van der Waals surface area (Å²) in [5.74, 6) is -0.724. The maximum absolute atomic E-state index is 11.3. The Hall–Kier alpha value is -0.600. The molecule has 0 aliphatic heterocycles. The molecule has 1 aromatic rings. The fraction of sp³-hybridized carbons (Fsp3) is 0.111. The summed E-state index contributed by atoms with van der Waals surface area (Å²) in [5, 5.41) is 12.8. The molecule has 3 nitrogen and oxygen atoms in total. The topological polar surface area (TPSA) is 52.9 Å². The SMILES string of the molecule is N#CSc1ccc(NC(=O)C(Cl)(Cl)Cl)cc1. The number of benzene rings is 1. The van der Waals surface area contributed by atoms with Crippen LogP contribution in [0.25, 0.3) is 0 Å². The third kappa shape index (κ3) is 4.11. The van der Waals surface area contributed by atoms with E-state index in [1.165, 1.54) is 0 Å². The number of nitrogens with zero attached hydrogens (tertiary/aromatic N) is 1. The Labute approximate surface area is 112 Å². The molecule has 1 rings (SSSR count). The Bertz CT molecular complexity index is 422. The lowest BCUT2D eigenvalue weighted by Gasteiger charge is -2.11. The van der Waals surface area contributed by atoms with Crippen LogP contribution >= 0.6 is 46.6 Å². The number of thiocyanates is 1. The van der Waals surface area contributed by atoms with Gasteiger partial charge in [-0.1, -0.05) is 34.8 Å². The van der Waals surface area contributed by atoms with Crippen LogP contribution in [0.1, 0.15) is 0 Å². The predicted octanol–water partition coefficient (Wildman–Crippen LogP) is 3.57. The molecule has 0 heterocycles. The van der Waals surface area contributed by atoms with Crippen LogP contribution in [0, 0.1) is 10.7 Å². The normalized spacial score (nSPS) is 10.6. The molecule has 0 saturated heterocycles. The summed E-state index contributed by atoms with van der Waals surface area (Å²) in [5.41, 5.74) is 0.499. The molecule has 0 bridgehead atoms. The van der Waals surface area contributed by atoms with Gasteiger partial charge in [0.05, 0.1) is 0 Å². The molecule has 0 spiro atoms. The van der Waals surface area contributed by atoms with Crippen LogP contribution in [0.5, 0.6) is 0 Å². The van der Waals surface area contributed by atoms with Crippen molar-refractivity contribution in [1.29, 1.82) is 5.26 Å². The van der Waals surface area contributed by atoms with Gasteiger partial charge in [0.25, 0.3) is 9.70 Å². The van der Waals surface area contributed by atoms with Crippen molar-refractivity contribution < 1.29 is 4.79 Å². The highest BCUT2D eigenvalue weighted by atomic mass is 35.6. The van der Waals surface area contributed by atoms with Crippen LogP contribution in [-0.2, 0) is 4.79 Å². The van der Waals surface area contributed by atoms with Gasteiger partial charge in [0.2, 0.25) is 0 Å². The van der Waals surface area contributed by atoms with Gasteiger partial charge >= 0.3 is 0 Å². The Morgan fingerprint density at radius 1 is 1.31 bits per heavy atom. The van der Waals surface area contributed by atoms with E-state index in [0.29, 0.717) is 5.69 Å². The molecule has 1 N–H and O–H groups in total. The van der Waals surface area contributed by atoms with E-state index in [2.05, 4.69) is 5.32 Å². The van der Waals surface area contributed by atoms with E-state index in [9.17, 15) is 4.79 Å². The summed E-state index contributed by atoms with van der Waals surface area (Å²) in [6.07, 6.45) is 0. The molecule has 0 saturated carbocycles. The number of carbonyl (C=O) groups excluding carboxylic acids is 1. The Balaban J connectivity index is 2.70. The highest BCUT2D eigenvalue weighted by molar-refractivity contribution is 8.03. The molecule has 0 aromatic heterocycles. The minimum absolute atomic E-state index is 0.499. The van der Waals surface area contributed by atoms with E-state index in [4.69, 9.17) is 40.1 Å². The zero-order valence-corrected chi connectivity index (χ0v) is 10.8. The number of halogens is 3. The summed E-state index contributed by atoms with van der Waals surface area (Å²) in [4.78, 5) is 12.1. The first-order valence-electron chi connectivity index (χ1n) is 3.97. The van der Waals surface area contributed by atoms with E-state index in [1.807, 2.05) is 5.40 Å². The number of rotatable bonds is 2. The lowest BCUT2D eigenvalue weighted by atomic mass is 10.3. The van der Waals surface area contributed by atoms with Crippen LogP contribution in [0.4, 0.5) is 5.69 Å². The lowest BCUT2D eigenvalue weighted by molar-refractivity contribution is -0.115. The molecule has 0 atom stereocenters. The number of thioether (sulfide) groups is 1. The molecule has 0 unspecified atom stereocenters. The number of carbonyl (C=O) groups is 1. The molecular weight excluding hydrogens is 291 g/mol. The van der Waals surface area contributed by atoms with Gasteiger partial charge in [0.15, 0.2) is 0 Å². The fourth-order valence-electron chi connectivity index (χ4n) is 0.861. The quantitative estimate of drug-likeness (QED) is 0.515. The van der Waals surface area contributed by atoms with E-state index in [-0.39, 0.29) is 0 Å². The molecule has 0 fully saturated rings. The molecule has 16 heavy (non-hydrogen) atoms. The Morgan fingerprint density at radius 3 is 2.31 bits per heavy atom. The van der Waals surface area contributed by atoms with Crippen molar-refractivity contribution in [3.8, 4) is 5.40 Å². The molecule has 84 valence electrons. The molecule has 7 heteroatoms. The number of nitriles is 1. The Kier molecular flexibility index (Phi) is 4.75. The second-order valence-electron chi connectivity index (χ2n) is 2.67. The molecule has 1 amide bonds. The second kappa shape index (κ2) is 5.65. The first-order valence-corrected chi connectivity index (χ1v) is 5.92. The number of amides is 1. The second-order valence-corrected chi connectivity index (χ2v) is 5.81. The van der Waals surface area contributed by atoms with Crippen molar-refractivity contribution in [3.05, 3.63) is 24.3 Å². The van der Waals surface area contributed by atoms with E-state index >= 15 is 0 Å². The van der Waals surface area contributed by atoms with Crippen molar-refractivity contribution in [2.24, 2.45) is 0 Å². The van der Waals surface area contributed by atoms with Gasteiger partial charge in [-0.05, 0) is 36.0 Å². The summed E-state index contributed by atoms with van der Waals surface area (Å²) in [7, 11) is 0. The van der Waals surface area contributed by atoms with Crippen LogP contribution in [0.2, 0.25) is 0 Å². The van der Waals surface area contributed by atoms with Gasteiger partial charge in [-0.15, -0.1) is 0 Å². The molecule has 0 radical (unpaired) electrons. The van der Waals surface area contributed by atoms with Gasteiger partial charge in [0, 0.05) is 10.6 Å². The minimum atomic E-state index is -1.99. The number of anilines is 1. The van der Waals surface area contributed by atoms with Gasteiger partial charge in [-0.25, -0.2) is 0 Å². The predicted molar refractivity (Wildman–Crippen MR) is 66.8 cm³/mol. The van der Waals surface area contributed by atoms with Crippen molar-refractivity contribution in [2.75, 3.05) is 5.32 Å². The smallest absolute Gasteiger partial charge is 0.276 e. The summed E-state index contributed by atoms with van der Waals surface area (Å²) in [6, 6.07) is 6.60. The van der Waals surface area contributed by atoms with Gasteiger partial charge in [-0.2, -0.15) is 5.26 Å². The number of alkyl halides is 3. The lowest BCUT2D eigenvalue weighted by Crippen LogP contribution is -2.26. The fourth-order valence-corrected chi connectivity index (χ4v) is 1.38. The van der Waals surface area contributed by atoms with Crippen molar-refractivity contribution in [2.45, 2.75) is 8.69 Å². The van der Waals surface area contributed by atoms with Crippen LogP contribution in [0.15, 0.2) is 29.2 Å². The molecule has 0 aliphatic rings. The molecule has 1 aromatic carbocycles. The maximum atomic E-state index is 11.3. The third-order valence-electron chi connectivity index (χ3n) is 1.53. The first-order chi connectivity index (χ1) is 7.43. The van der Waals surface area contributed by atoms with Gasteiger partial charge in [-0.3, -0.25) is 4.79 Å². The van der Waals surface area contributed by atoms with E-state index < -0.39 is 9.70 Å². The summed E-state index contributed by atoms with van der Waals surface area (Å²) in [6.45, 7) is 0. The van der Waals surface area contributed by atoms with Crippen molar-refractivity contribution >= 4 is 58.2 Å². The zero-order chi connectivity index (χ0) is 12.2. The zero-order valence-electron chi connectivity index (χ0n) is 7.71. The molecular formula is C9H5Cl3N2OS. The summed E-state index contributed by atoms with van der Waals surface area (Å²) < 4.78 is -1.99.